The number of nitrogens with one attached hydrogen (secondary N) is 1. The molecule has 106 valence electrons. The van der Waals surface area contributed by atoms with Crippen LogP contribution in [-0.4, -0.2) is 21.8 Å². The molecule has 1 aromatic carbocycles. The number of halogens is 1. The summed E-state index contributed by atoms with van der Waals surface area (Å²) in [6, 6.07) is 6.87. The molecule has 1 atom stereocenters. The van der Waals surface area contributed by atoms with Gasteiger partial charge in [0.2, 0.25) is 0 Å². The molecular formula is C13H13ClN2O4. The monoisotopic (exact) mass is 296 g/mol. The van der Waals surface area contributed by atoms with Crippen molar-refractivity contribution in [2.75, 3.05) is 7.11 Å². The highest BCUT2D eigenvalue weighted by atomic mass is 35.5. The SMILES string of the molecule is COc1cccc(C(O)Cn2cc(Cl)c(=O)[nH]c2=O)c1. The summed E-state index contributed by atoms with van der Waals surface area (Å²) in [4.78, 5) is 24.8. The van der Waals surface area contributed by atoms with Crippen molar-refractivity contribution in [3.63, 3.8) is 0 Å². The van der Waals surface area contributed by atoms with Crippen molar-refractivity contribution in [1.29, 1.82) is 0 Å². The number of aromatic amines is 1. The van der Waals surface area contributed by atoms with E-state index in [2.05, 4.69) is 4.98 Å². The lowest BCUT2D eigenvalue weighted by molar-refractivity contribution is 0.154. The minimum absolute atomic E-state index is 0.0253. The standard InChI is InChI=1S/C13H13ClN2O4/c1-20-9-4-2-3-8(5-9)11(17)7-16-6-10(14)12(18)15-13(16)19/h2-6,11,17H,7H2,1H3,(H,15,18,19). The fraction of sp³-hybridized carbons (Fsp3) is 0.231. The summed E-state index contributed by atoms with van der Waals surface area (Å²) in [6.45, 7) is -0.0253. The van der Waals surface area contributed by atoms with Gasteiger partial charge in [-0.3, -0.25) is 14.3 Å². The van der Waals surface area contributed by atoms with Gasteiger partial charge >= 0.3 is 5.69 Å². The Bertz CT molecular complexity index is 723. The number of aromatic nitrogens is 2. The van der Waals surface area contributed by atoms with Crippen molar-refractivity contribution in [2.24, 2.45) is 0 Å². The van der Waals surface area contributed by atoms with Crippen LogP contribution in [0.2, 0.25) is 5.02 Å². The lowest BCUT2D eigenvalue weighted by Gasteiger charge is -2.13. The molecule has 6 nitrogen and oxygen atoms in total. The van der Waals surface area contributed by atoms with Gasteiger partial charge in [-0.25, -0.2) is 4.79 Å². The zero-order chi connectivity index (χ0) is 14.7. The highest BCUT2D eigenvalue weighted by Gasteiger charge is 2.11. The van der Waals surface area contributed by atoms with Gasteiger partial charge < -0.3 is 9.84 Å². The maximum Gasteiger partial charge on any atom is 0.328 e. The van der Waals surface area contributed by atoms with E-state index >= 15 is 0 Å². The van der Waals surface area contributed by atoms with Crippen LogP contribution in [0.5, 0.6) is 5.75 Å². The molecule has 2 rings (SSSR count). The van der Waals surface area contributed by atoms with Crippen LogP contribution in [0.15, 0.2) is 40.1 Å². The average Bonchev–Trinajstić information content (AvgIpc) is 2.44. The summed E-state index contributed by atoms with van der Waals surface area (Å²) in [5.74, 6) is 0.605. The fourth-order valence-electron chi connectivity index (χ4n) is 1.76. The molecule has 0 saturated heterocycles. The Labute approximate surface area is 119 Å². The van der Waals surface area contributed by atoms with Gasteiger partial charge in [-0.05, 0) is 17.7 Å². The highest BCUT2D eigenvalue weighted by Crippen LogP contribution is 2.20. The Balaban J connectivity index is 2.27. The minimum Gasteiger partial charge on any atom is -0.497 e. The lowest BCUT2D eigenvalue weighted by atomic mass is 10.1. The maximum absolute atomic E-state index is 11.6. The third kappa shape index (κ3) is 3.09. The van der Waals surface area contributed by atoms with Gasteiger partial charge in [-0.2, -0.15) is 0 Å². The van der Waals surface area contributed by atoms with Crippen LogP contribution in [0.25, 0.3) is 0 Å². The first-order valence-electron chi connectivity index (χ1n) is 5.82. The number of aliphatic hydroxyl groups is 1. The number of H-pyrrole nitrogens is 1. The van der Waals surface area contributed by atoms with Crippen molar-refractivity contribution in [1.82, 2.24) is 9.55 Å². The third-order valence-electron chi connectivity index (χ3n) is 2.82. The first kappa shape index (κ1) is 14.4. The van der Waals surface area contributed by atoms with E-state index in [0.29, 0.717) is 11.3 Å². The Kier molecular flexibility index (Phi) is 4.26. The molecule has 0 aliphatic carbocycles. The number of hydrogen-bond donors (Lipinski definition) is 2. The van der Waals surface area contributed by atoms with E-state index in [1.807, 2.05) is 0 Å². The van der Waals surface area contributed by atoms with Gasteiger partial charge in [0, 0.05) is 6.20 Å². The number of hydrogen-bond acceptors (Lipinski definition) is 4. The number of rotatable bonds is 4. The molecular weight excluding hydrogens is 284 g/mol. The van der Waals surface area contributed by atoms with Crippen LogP contribution >= 0.6 is 11.6 Å². The molecule has 1 aromatic heterocycles. The number of aliphatic hydroxyl groups excluding tert-OH is 1. The molecule has 2 aromatic rings. The van der Waals surface area contributed by atoms with E-state index in [0.717, 1.165) is 4.57 Å². The van der Waals surface area contributed by atoms with Crippen molar-refractivity contribution >= 4 is 11.6 Å². The van der Waals surface area contributed by atoms with E-state index in [4.69, 9.17) is 16.3 Å². The van der Waals surface area contributed by atoms with E-state index in [1.165, 1.54) is 13.3 Å². The van der Waals surface area contributed by atoms with E-state index in [-0.39, 0.29) is 11.6 Å². The van der Waals surface area contributed by atoms with E-state index in [1.54, 1.807) is 24.3 Å². The molecule has 0 spiro atoms. The number of nitrogens with zero attached hydrogens (tertiary/aromatic N) is 1. The Morgan fingerprint density at radius 1 is 1.45 bits per heavy atom. The fourth-order valence-corrected chi connectivity index (χ4v) is 1.92. The average molecular weight is 297 g/mol. The summed E-state index contributed by atoms with van der Waals surface area (Å²) >= 11 is 5.66. The molecule has 0 saturated carbocycles. The predicted molar refractivity (Wildman–Crippen MR) is 74.3 cm³/mol. The topological polar surface area (TPSA) is 84.3 Å². The van der Waals surface area contributed by atoms with Crippen molar-refractivity contribution in [3.05, 3.63) is 61.9 Å². The first-order chi connectivity index (χ1) is 9.51. The maximum atomic E-state index is 11.6. The normalized spacial score (nSPS) is 12.2. The zero-order valence-electron chi connectivity index (χ0n) is 10.7. The molecule has 0 radical (unpaired) electrons. The van der Waals surface area contributed by atoms with Gasteiger partial charge in [0.1, 0.15) is 10.8 Å². The first-order valence-corrected chi connectivity index (χ1v) is 6.20. The third-order valence-corrected chi connectivity index (χ3v) is 3.08. The number of ether oxygens (including phenoxy) is 1. The van der Waals surface area contributed by atoms with Crippen LogP contribution in [0, 0.1) is 0 Å². The Hall–Kier alpha value is -2.05. The molecule has 0 bridgehead atoms. The quantitative estimate of drug-likeness (QED) is 0.879. The van der Waals surface area contributed by atoms with Crippen LogP contribution in [0.4, 0.5) is 0 Å². The van der Waals surface area contributed by atoms with Crippen LogP contribution in [-0.2, 0) is 6.54 Å². The van der Waals surface area contributed by atoms with Gasteiger partial charge in [0.05, 0.1) is 19.8 Å². The van der Waals surface area contributed by atoms with E-state index in [9.17, 15) is 14.7 Å². The summed E-state index contributed by atoms with van der Waals surface area (Å²) in [6.07, 6.45) is 0.274. The highest BCUT2D eigenvalue weighted by molar-refractivity contribution is 6.30. The zero-order valence-corrected chi connectivity index (χ0v) is 11.4. The molecule has 2 N–H and O–H groups in total. The lowest BCUT2D eigenvalue weighted by Crippen LogP contribution is -2.31. The predicted octanol–water partition coefficient (Wildman–Crippen LogP) is 0.932. The summed E-state index contributed by atoms with van der Waals surface area (Å²) in [5.41, 5.74) is -0.677. The molecule has 0 aliphatic rings. The molecule has 0 aliphatic heterocycles. The van der Waals surface area contributed by atoms with Crippen molar-refractivity contribution < 1.29 is 9.84 Å². The Morgan fingerprint density at radius 3 is 2.90 bits per heavy atom. The number of benzene rings is 1. The molecule has 0 amide bonds. The number of methoxy groups -OCH3 is 1. The molecule has 0 fully saturated rings. The van der Waals surface area contributed by atoms with E-state index < -0.39 is 17.4 Å². The minimum atomic E-state index is -0.926. The van der Waals surface area contributed by atoms with Crippen LogP contribution in [0.1, 0.15) is 11.7 Å². The second kappa shape index (κ2) is 5.94. The summed E-state index contributed by atoms with van der Waals surface area (Å²) in [7, 11) is 1.53. The van der Waals surface area contributed by atoms with Gasteiger partial charge in [-0.15, -0.1) is 0 Å². The second-order valence-corrected chi connectivity index (χ2v) is 4.59. The summed E-state index contributed by atoms with van der Waals surface area (Å²) in [5, 5.41) is 10.0. The molecule has 20 heavy (non-hydrogen) atoms. The van der Waals surface area contributed by atoms with Crippen LogP contribution < -0.4 is 16.0 Å². The van der Waals surface area contributed by atoms with Crippen molar-refractivity contribution in [3.8, 4) is 5.75 Å². The largest absolute Gasteiger partial charge is 0.497 e. The van der Waals surface area contributed by atoms with Gasteiger partial charge in [0.15, 0.2) is 0 Å². The molecule has 1 heterocycles. The smallest absolute Gasteiger partial charge is 0.328 e. The van der Waals surface area contributed by atoms with Gasteiger partial charge in [0.25, 0.3) is 5.56 Å². The molecule has 7 heteroatoms. The van der Waals surface area contributed by atoms with Crippen LogP contribution in [0.3, 0.4) is 0 Å². The second-order valence-electron chi connectivity index (χ2n) is 4.18. The van der Waals surface area contributed by atoms with Gasteiger partial charge in [-0.1, -0.05) is 23.7 Å². The van der Waals surface area contributed by atoms with Crippen molar-refractivity contribution in [2.45, 2.75) is 12.6 Å². The summed E-state index contributed by atoms with van der Waals surface area (Å²) < 4.78 is 6.21. The molecule has 1 unspecified atom stereocenters. The Morgan fingerprint density at radius 2 is 2.20 bits per heavy atom.